The number of alkyl halides is 3. The van der Waals surface area contributed by atoms with E-state index in [4.69, 9.17) is 9.47 Å². The number of allylic oxidation sites excluding steroid dienone is 3. The van der Waals surface area contributed by atoms with E-state index in [1.807, 2.05) is 19.9 Å². The molecular weight excluding hydrogens is 477 g/mol. The molecule has 0 saturated carbocycles. The lowest BCUT2D eigenvalue weighted by atomic mass is 9.89. The van der Waals surface area contributed by atoms with Crippen LogP contribution >= 0.6 is 0 Å². The fraction of sp³-hybridized carbons (Fsp3) is 0.556. The van der Waals surface area contributed by atoms with E-state index in [-0.39, 0.29) is 12.8 Å². The molecule has 1 aromatic rings. The van der Waals surface area contributed by atoms with Crippen LogP contribution in [0.1, 0.15) is 65.4 Å². The molecule has 1 aromatic carbocycles. The van der Waals surface area contributed by atoms with Gasteiger partial charge in [0.05, 0.1) is 12.7 Å². The van der Waals surface area contributed by atoms with Gasteiger partial charge in [-0.25, -0.2) is 9.59 Å². The third-order valence-corrected chi connectivity index (χ3v) is 6.23. The highest BCUT2D eigenvalue weighted by Crippen LogP contribution is 2.43. The number of carbonyl (C=O) groups is 2. The smallest absolute Gasteiger partial charge is 0.432 e. The fourth-order valence-corrected chi connectivity index (χ4v) is 3.66. The van der Waals surface area contributed by atoms with E-state index < -0.39 is 41.0 Å². The van der Waals surface area contributed by atoms with Crippen LogP contribution in [0.4, 0.5) is 13.2 Å². The number of hydrogen-bond acceptors (Lipinski definition) is 6. The number of methoxy groups -OCH3 is 2. The molecule has 0 aliphatic carbocycles. The van der Waals surface area contributed by atoms with E-state index in [0.29, 0.717) is 19.3 Å². The van der Waals surface area contributed by atoms with Crippen molar-refractivity contribution in [3.05, 3.63) is 59.2 Å². The highest BCUT2D eigenvalue weighted by Gasteiger charge is 2.64. The number of carbonyl (C=O) groups excluding carboxylic acids is 2. The summed E-state index contributed by atoms with van der Waals surface area (Å²) >= 11 is 0. The molecule has 0 bridgehead atoms. The third-order valence-electron chi connectivity index (χ3n) is 6.23. The first-order valence-corrected chi connectivity index (χ1v) is 11.8. The molecule has 0 saturated heterocycles. The lowest BCUT2D eigenvalue weighted by Crippen LogP contribution is -2.54. The van der Waals surface area contributed by atoms with Crippen molar-refractivity contribution in [1.82, 2.24) is 0 Å². The van der Waals surface area contributed by atoms with E-state index in [2.05, 4.69) is 4.74 Å². The quantitative estimate of drug-likeness (QED) is 0.204. The highest BCUT2D eigenvalue weighted by atomic mass is 19.4. The van der Waals surface area contributed by atoms with Gasteiger partial charge in [0.2, 0.25) is 0 Å². The Hall–Kier alpha value is -2.65. The molecule has 3 atom stereocenters. The summed E-state index contributed by atoms with van der Waals surface area (Å²) in [5, 5.41) is 10.8. The van der Waals surface area contributed by atoms with E-state index in [9.17, 15) is 27.9 Å². The molecule has 1 N–H and O–H groups in total. The van der Waals surface area contributed by atoms with Crippen molar-refractivity contribution in [1.29, 1.82) is 0 Å². The van der Waals surface area contributed by atoms with E-state index in [0.717, 1.165) is 30.4 Å². The fourth-order valence-electron chi connectivity index (χ4n) is 3.66. The molecule has 6 nitrogen and oxygen atoms in total. The summed E-state index contributed by atoms with van der Waals surface area (Å²) in [5.41, 5.74) is -3.55. The number of rotatable bonds is 13. The summed E-state index contributed by atoms with van der Waals surface area (Å²) in [5.74, 6) is -2.06. The largest absolute Gasteiger partial charge is 0.466 e. The van der Waals surface area contributed by atoms with Crippen LogP contribution < -0.4 is 0 Å². The van der Waals surface area contributed by atoms with Crippen molar-refractivity contribution in [2.45, 2.75) is 83.3 Å². The van der Waals surface area contributed by atoms with Gasteiger partial charge in [-0.05, 0) is 52.9 Å². The summed E-state index contributed by atoms with van der Waals surface area (Å²) in [7, 11) is 2.11. The van der Waals surface area contributed by atoms with Crippen LogP contribution in [0.25, 0.3) is 0 Å². The Morgan fingerprint density at radius 1 is 1.06 bits per heavy atom. The van der Waals surface area contributed by atoms with Gasteiger partial charge in [-0.15, -0.1) is 0 Å². The standard InChI is InChI=1S/C27H37F3O6/c1-7-25(4,33)22(17-16-19(2)12-11-13-20(3)18-23(31)34-5)36-24(32)26(35-6,27(28,29)30)21-14-9-8-10-15-21/h8-10,12,14-15,18,22,33H,7,11,13,16-17H2,1-6H3/b19-12+,20-18+/t22-,25-,26+/m0/s1. The summed E-state index contributed by atoms with van der Waals surface area (Å²) in [6, 6.07) is 6.57. The molecule has 202 valence electrons. The third kappa shape index (κ3) is 8.20. The van der Waals surface area contributed by atoms with Crippen LogP contribution in [0.5, 0.6) is 0 Å². The molecule has 9 heteroatoms. The van der Waals surface area contributed by atoms with Crippen LogP contribution in [0.2, 0.25) is 0 Å². The Morgan fingerprint density at radius 2 is 1.67 bits per heavy atom. The van der Waals surface area contributed by atoms with Gasteiger partial charge in [0.15, 0.2) is 0 Å². The monoisotopic (exact) mass is 514 g/mol. The van der Waals surface area contributed by atoms with Crippen molar-refractivity contribution >= 4 is 11.9 Å². The first-order valence-electron chi connectivity index (χ1n) is 11.8. The van der Waals surface area contributed by atoms with Gasteiger partial charge in [0.25, 0.3) is 5.60 Å². The van der Waals surface area contributed by atoms with Crippen LogP contribution in [0, 0.1) is 0 Å². The van der Waals surface area contributed by atoms with Crippen molar-refractivity contribution in [3.63, 3.8) is 0 Å². The Kier molecular flexibility index (Phi) is 11.9. The lowest BCUT2D eigenvalue weighted by molar-refractivity contribution is -0.281. The van der Waals surface area contributed by atoms with E-state index >= 15 is 0 Å². The average Bonchev–Trinajstić information content (AvgIpc) is 2.82. The van der Waals surface area contributed by atoms with Crippen LogP contribution in [-0.2, 0) is 29.4 Å². The summed E-state index contributed by atoms with van der Waals surface area (Å²) < 4.78 is 57.5. The molecule has 1 rings (SSSR count). The molecule has 0 aromatic heterocycles. The molecule has 0 unspecified atom stereocenters. The van der Waals surface area contributed by atoms with E-state index in [1.54, 1.807) is 6.92 Å². The lowest BCUT2D eigenvalue weighted by Gasteiger charge is -2.37. The Morgan fingerprint density at radius 3 is 2.17 bits per heavy atom. The zero-order chi connectivity index (χ0) is 27.6. The molecule has 0 radical (unpaired) electrons. The number of ether oxygens (including phenoxy) is 3. The van der Waals surface area contributed by atoms with Gasteiger partial charge in [-0.3, -0.25) is 0 Å². The maximum atomic E-state index is 14.2. The normalized spacial score (nSPS) is 17.1. The molecule has 0 fully saturated rings. The van der Waals surface area contributed by atoms with E-state index in [1.165, 1.54) is 38.3 Å². The maximum absolute atomic E-state index is 14.2. The minimum atomic E-state index is -5.10. The Bertz CT molecular complexity index is 921. The molecule has 0 aliphatic heterocycles. The zero-order valence-corrected chi connectivity index (χ0v) is 21.8. The van der Waals surface area contributed by atoms with Crippen molar-refractivity contribution in [3.8, 4) is 0 Å². The highest BCUT2D eigenvalue weighted by molar-refractivity contribution is 5.83. The van der Waals surface area contributed by atoms with Crippen LogP contribution in [-0.4, -0.2) is 49.1 Å². The molecular formula is C27H37F3O6. The minimum Gasteiger partial charge on any atom is -0.466 e. The topological polar surface area (TPSA) is 82.1 Å². The minimum absolute atomic E-state index is 0.109. The maximum Gasteiger partial charge on any atom is 0.432 e. The molecule has 0 heterocycles. The zero-order valence-electron chi connectivity index (χ0n) is 21.8. The van der Waals surface area contributed by atoms with Crippen LogP contribution in [0.3, 0.4) is 0 Å². The second kappa shape index (κ2) is 13.6. The van der Waals surface area contributed by atoms with Gasteiger partial charge in [0, 0.05) is 18.7 Å². The van der Waals surface area contributed by atoms with Crippen LogP contribution in [0.15, 0.2) is 53.6 Å². The second-order valence-corrected chi connectivity index (χ2v) is 9.00. The second-order valence-electron chi connectivity index (χ2n) is 9.00. The first kappa shape index (κ1) is 31.4. The predicted octanol–water partition coefficient (Wildman–Crippen LogP) is 5.79. The SMILES string of the molecule is CC[C@](C)(O)[C@H](CC/C(C)=C/CC/C(C)=C/C(=O)OC)OC(=O)[C@](OC)(c1ccccc1)C(F)(F)F. The number of benzene rings is 1. The van der Waals surface area contributed by atoms with Gasteiger partial charge in [-0.1, -0.05) is 54.5 Å². The number of halogens is 3. The Labute approximate surface area is 211 Å². The van der Waals surface area contributed by atoms with Crippen molar-refractivity contribution in [2.75, 3.05) is 14.2 Å². The van der Waals surface area contributed by atoms with Crippen molar-refractivity contribution in [2.24, 2.45) is 0 Å². The average molecular weight is 515 g/mol. The molecule has 36 heavy (non-hydrogen) atoms. The predicted molar refractivity (Wildman–Crippen MR) is 130 cm³/mol. The molecule has 0 spiro atoms. The number of aliphatic hydroxyl groups is 1. The Balaban J connectivity index is 3.08. The molecule has 0 aliphatic rings. The summed E-state index contributed by atoms with van der Waals surface area (Å²) in [6.07, 6.45) is -1.06. The number of esters is 2. The van der Waals surface area contributed by atoms with Crippen molar-refractivity contribution < 1.29 is 42.1 Å². The van der Waals surface area contributed by atoms with Gasteiger partial charge < -0.3 is 19.3 Å². The molecule has 0 amide bonds. The summed E-state index contributed by atoms with van der Waals surface area (Å²) in [4.78, 5) is 24.4. The number of hydrogen-bond donors (Lipinski definition) is 1. The van der Waals surface area contributed by atoms with Gasteiger partial charge >= 0.3 is 18.1 Å². The summed E-state index contributed by atoms with van der Waals surface area (Å²) in [6.45, 7) is 6.74. The first-order chi connectivity index (χ1) is 16.7. The van der Waals surface area contributed by atoms with Gasteiger partial charge in [0.1, 0.15) is 6.10 Å². The van der Waals surface area contributed by atoms with Gasteiger partial charge in [-0.2, -0.15) is 13.2 Å².